The van der Waals surface area contributed by atoms with E-state index in [-0.39, 0.29) is 5.57 Å². The zero-order valence-corrected chi connectivity index (χ0v) is 10.2. The largest absolute Gasteiger partial charge is 0.469 e. The Morgan fingerprint density at radius 1 is 1.61 bits per heavy atom. The molecule has 0 aliphatic heterocycles. The number of nitrogens with two attached hydrogens (primary N) is 1. The average molecular weight is 260 g/mol. The first-order valence-electron chi connectivity index (χ1n) is 5.31. The Morgan fingerprint density at radius 2 is 2.22 bits per heavy atom. The molecule has 18 heavy (non-hydrogen) atoms. The SMILES string of the molecule is C=C(C)C(F)(F)COc1ncc(C(C)N)cc1F. The number of nitrogens with zero attached hydrogens (tertiary/aromatic N) is 1. The molecule has 2 N–H and O–H groups in total. The number of hydrogen-bond donors (Lipinski definition) is 1. The minimum atomic E-state index is -3.21. The van der Waals surface area contributed by atoms with Crippen LogP contribution in [0.4, 0.5) is 13.2 Å². The number of alkyl halides is 2. The highest BCUT2D eigenvalue weighted by atomic mass is 19.3. The maximum absolute atomic E-state index is 13.5. The van der Waals surface area contributed by atoms with Gasteiger partial charge in [0, 0.05) is 12.2 Å². The normalized spacial score (nSPS) is 13.2. The molecule has 0 saturated carbocycles. The lowest BCUT2D eigenvalue weighted by atomic mass is 10.1. The molecule has 0 aromatic carbocycles. The standard InChI is InChI=1S/C12H15F3N2O/c1-7(2)12(14,15)6-18-11-10(13)4-9(5-17-11)8(3)16/h4-5,8H,1,6,16H2,2-3H3. The van der Waals surface area contributed by atoms with Crippen LogP contribution in [0.3, 0.4) is 0 Å². The molecule has 0 spiro atoms. The molecule has 1 aromatic heterocycles. The summed E-state index contributed by atoms with van der Waals surface area (Å²) < 4.78 is 44.5. The van der Waals surface area contributed by atoms with Gasteiger partial charge < -0.3 is 10.5 Å². The van der Waals surface area contributed by atoms with E-state index in [9.17, 15) is 13.2 Å². The van der Waals surface area contributed by atoms with E-state index in [1.165, 1.54) is 13.1 Å². The Hall–Kier alpha value is -1.56. The van der Waals surface area contributed by atoms with Crippen LogP contribution in [0.15, 0.2) is 24.4 Å². The van der Waals surface area contributed by atoms with Crippen molar-refractivity contribution in [1.29, 1.82) is 0 Å². The Kier molecular flexibility index (Phi) is 4.34. The highest BCUT2D eigenvalue weighted by molar-refractivity contribution is 5.22. The third kappa shape index (κ3) is 3.46. The monoisotopic (exact) mass is 260 g/mol. The summed E-state index contributed by atoms with van der Waals surface area (Å²) in [6.07, 6.45) is 1.29. The Labute approximate surface area is 103 Å². The van der Waals surface area contributed by atoms with Gasteiger partial charge in [-0.1, -0.05) is 6.58 Å². The van der Waals surface area contributed by atoms with Gasteiger partial charge in [-0.2, -0.15) is 8.78 Å². The van der Waals surface area contributed by atoms with E-state index in [4.69, 9.17) is 5.73 Å². The first-order chi connectivity index (χ1) is 8.24. The second-order valence-corrected chi connectivity index (χ2v) is 4.12. The van der Waals surface area contributed by atoms with Crippen LogP contribution in [-0.4, -0.2) is 17.5 Å². The van der Waals surface area contributed by atoms with Crippen molar-refractivity contribution in [2.24, 2.45) is 5.73 Å². The van der Waals surface area contributed by atoms with Crippen molar-refractivity contribution in [2.45, 2.75) is 25.8 Å². The number of hydrogen-bond acceptors (Lipinski definition) is 3. The van der Waals surface area contributed by atoms with Crippen LogP contribution in [0.2, 0.25) is 0 Å². The van der Waals surface area contributed by atoms with Crippen molar-refractivity contribution in [2.75, 3.05) is 6.61 Å². The molecule has 3 nitrogen and oxygen atoms in total. The van der Waals surface area contributed by atoms with Crippen molar-refractivity contribution >= 4 is 0 Å². The third-order valence-corrected chi connectivity index (χ3v) is 2.37. The molecule has 0 amide bonds. The molecule has 0 fully saturated rings. The summed E-state index contributed by atoms with van der Waals surface area (Å²) in [7, 11) is 0. The van der Waals surface area contributed by atoms with Crippen LogP contribution < -0.4 is 10.5 Å². The lowest BCUT2D eigenvalue weighted by molar-refractivity contribution is -0.00815. The smallest absolute Gasteiger partial charge is 0.302 e. The number of halogens is 3. The number of ether oxygens (including phenoxy) is 1. The number of aromatic nitrogens is 1. The summed E-state index contributed by atoms with van der Waals surface area (Å²) in [6, 6.07) is 0.726. The van der Waals surface area contributed by atoms with Crippen LogP contribution in [0, 0.1) is 5.82 Å². The molecule has 1 atom stereocenters. The first-order valence-corrected chi connectivity index (χ1v) is 5.31. The Balaban J connectivity index is 2.78. The molecule has 1 rings (SSSR count). The zero-order chi connectivity index (χ0) is 13.9. The van der Waals surface area contributed by atoms with Crippen molar-refractivity contribution in [3.63, 3.8) is 0 Å². The molecule has 100 valence electrons. The molecule has 0 aliphatic carbocycles. The molecule has 6 heteroatoms. The molecule has 0 radical (unpaired) electrons. The molecular formula is C12H15F3N2O. The van der Waals surface area contributed by atoms with E-state index in [0.29, 0.717) is 5.56 Å². The fourth-order valence-corrected chi connectivity index (χ4v) is 1.08. The van der Waals surface area contributed by atoms with Gasteiger partial charge in [-0.25, -0.2) is 9.37 Å². The van der Waals surface area contributed by atoms with Gasteiger partial charge in [0.2, 0.25) is 0 Å². The summed E-state index contributed by atoms with van der Waals surface area (Å²) in [5.41, 5.74) is 5.65. The summed E-state index contributed by atoms with van der Waals surface area (Å²) in [4.78, 5) is 3.62. The molecular weight excluding hydrogens is 245 g/mol. The molecule has 0 aliphatic rings. The van der Waals surface area contributed by atoms with Crippen LogP contribution in [0.1, 0.15) is 25.5 Å². The van der Waals surface area contributed by atoms with E-state index in [0.717, 1.165) is 6.07 Å². The lowest BCUT2D eigenvalue weighted by Gasteiger charge is -2.17. The van der Waals surface area contributed by atoms with Crippen LogP contribution >= 0.6 is 0 Å². The average Bonchev–Trinajstić information content (AvgIpc) is 2.26. The summed E-state index contributed by atoms with van der Waals surface area (Å²) >= 11 is 0. The van der Waals surface area contributed by atoms with Gasteiger partial charge in [-0.05, 0) is 31.1 Å². The van der Waals surface area contributed by atoms with Gasteiger partial charge in [0.05, 0.1) is 0 Å². The summed E-state index contributed by atoms with van der Waals surface area (Å²) in [6.45, 7) is 4.97. The second kappa shape index (κ2) is 5.39. The van der Waals surface area contributed by atoms with Crippen LogP contribution in [0.25, 0.3) is 0 Å². The maximum atomic E-state index is 13.5. The maximum Gasteiger partial charge on any atom is 0.302 e. The van der Waals surface area contributed by atoms with Crippen molar-refractivity contribution in [3.05, 3.63) is 35.8 Å². The Bertz CT molecular complexity index is 447. The van der Waals surface area contributed by atoms with Gasteiger partial charge in [-0.15, -0.1) is 0 Å². The summed E-state index contributed by atoms with van der Waals surface area (Å²) in [5, 5.41) is 0. The Morgan fingerprint density at radius 3 is 2.67 bits per heavy atom. The third-order valence-electron chi connectivity index (χ3n) is 2.37. The van der Waals surface area contributed by atoms with Gasteiger partial charge in [-0.3, -0.25) is 0 Å². The van der Waals surface area contributed by atoms with Crippen LogP contribution in [-0.2, 0) is 0 Å². The van der Waals surface area contributed by atoms with Crippen molar-refractivity contribution < 1.29 is 17.9 Å². The fourth-order valence-electron chi connectivity index (χ4n) is 1.08. The second-order valence-electron chi connectivity index (χ2n) is 4.12. The molecule has 0 saturated heterocycles. The highest BCUT2D eigenvalue weighted by Crippen LogP contribution is 2.24. The number of rotatable bonds is 5. The zero-order valence-electron chi connectivity index (χ0n) is 10.2. The predicted molar refractivity (Wildman–Crippen MR) is 62.1 cm³/mol. The topological polar surface area (TPSA) is 48.1 Å². The van der Waals surface area contributed by atoms with E-state index in [1.807, 2.05) is 0 Å². The minimum absolute atomic E-state index is 0.352. The molecule has 0 bridgehead atoms. The highest BCUT2D eigenvalue weighted by Gasteiger charge is 2.31. The molecule has 1 aromatic rings. The van der Waals surface area contributed by atoms with Gasteiger partial charge in [0.15, 0.2) is 12.4 Å². The van der Waals surface area contributed by atoms with E-state index in [2.05, 4.69) is 16.3 Å². The van der Waals surface area contributed by atoms with Gasteiger partial charge in [0.25, 0.3) is 5.88 Å². The molecule has 1 heterocycles. The quantitative estimate of drug-likeness (QED) is 0.828. The van der Waals surface area contributed by atoms with E-state index >= 15 is 0 Å². The number of pyridine rings is 1. The first kappa shape index (κ1) is 14.5. The van der Waals surface area contributed by atoms with E-state index in [1.54, 1.807) is 6.92 Å². The minimum Gasteiger partial charge on any atom is -0.469 e. The van der Waals surface area contributed by atoms with Gasteiger partial charge >= 0.3 is 5.92 Å². The molecule has 1 unspecified atom stereocenters. The lowest BCUT2D eigenvalue weighted by Crippen LogP contribution is -2.27. The van der Waals surface area contributed by atoms with E-state index < -0.39 is 30.3 Å². The predicted octanol–water partition coefficient (Wildman–Crippen LogP) is 2.83. The fraction of sp³-hybridized carbons (Fsp3) is 0.417. The summed E-state index contributed by atoms with van der Waals surface area (Å²) in [5.74, 6) is -4.50. The van der Waals surface area contributed by atoms with Crippen LogP contribution in [0.5, 0.6) is 5.88 Å². The van der Waals surface area contributed by atoms with Gasteiger partial charge in [0.1, 0.15) is 0 Å². The van der Waals surface area contributed by atoms with Crippen molar-refractivity contribution in [1.82, 2.24) is 4.98 Å². The van der Waals surface area contributed by atoms with Crippen molar-refractivity contribution in [3.8, 4) is 5.88 Å².